The van der Waals surface area contributed by atoms with E-state index in [1.165, 1.54) is 71.1 Å². The normalized spacial score (nSPS) is 27.9. The molecule has 4 nitrogen and oxygen atoms in total. The van der Waals surface area contributed by atoms with E-state index >= 15 is 0 Å². The zero-order valence-corrected chi connectivity index (χ0v) is 12.9. The van der Waals surface area contributed by atoms with Gasteiger partial charge < -0.3 is 21.1 Å². The number of aliphatic hydroxyl groups excluding tert-OH is 1. The van der Waals surface area contributed by atoms with E-state index in [4.69, 9.17) is 10.8 Å². The van der Waals surface area contributed by atoms with Gasteiger partial charge >= 0.3 is 0 Å². The number of aliphatic hydroxyl groups is 1. The van der Waals surface area contributed by atoms with Gasteiger partial charge in [0.05, 0.1) is 6.10 Å². The molecule has 0 unspecified atom stereocenters. The number of likely N-dealkylation sites (tertiary alicyclic amines) is 1. The third-order valence-electron chi connectivity index (χ3n) is 4.97. The van der Waals surface area contributed by atoms with Crippen molar-refractivity contribution in [3.63, 3.8) is 0 Å². The Morgan fingerprint density at radius 3 is 1.95 bits per heavy atom. The van der Waals surface area contributed by atoms with Gasteiger partial charge in [0.2, 0.25) is 0 Å². The molecule has 0 spiro atoms. The average molecular weight is 283 g/mol. The summed E-state index contributed by atoms with van der Waals surface area (Å²) in [6, 6.07) is 1.31. The molecule has 3 aliphatic rings. The van der Waals surface area contributed by atoms with Crippen LogP contribution in [0.3, 0.4) is 0 Å². The molecule has 0 bridgehead atoms. The van der Waals surface area contributed by atoms with Gasteiger partial charge in [-0.05, 0) is 64.7 Å². The third-order valence-corrected chi connectivity index (χ3v) is 4.97. The van der Waals surface area contributed by atoms with E-state index in [2.05, 4.69) is 10.2 Å². The van der Waals surface area contributed by atoms with Crippen LogP contribution in [0.2, 0.25) is 0 Å². The summed E-state index contributed by atoms with van der Waals surface area (Å²) >= 11 is 0. The molecule has 0 aromatic rings. The lowest BCUT2D eigenvalue weighted by Crippen LogP contribution is -2.48. The first-order valence-corrected chi connectivity index (χ1v) is 8.64. The quantitative estimate of drug-likeness (QED) is 0.682. The van der Waals surface area contributed by atoms with E-state index in [1.54, 1.807) is 0 Å². The highest BCUT2D eigenvalue weighted by Gasteiger charge is 2.24. The Morgan fingerprint density at radius 1 is 0.850 bits per heavy atom. The molecule has 4 heteroatoms. The Balaban J connectivity index is 0.000000178. The van der Waals surface area contributed by atoms with Gasteiger partial charge in [-0.2, -0.15) is 0 Å². The summed E-state index contributed by atoms with van der Waals surface area (Å²) < 4.78 is 0. The topological polar surface area (TPSA) is 61.5 Å². The SMILES string of the molecule is NC1CCN(C2CCNCC2)CC1.OC1CCCCC1. The van der Waals surface area contributed by atoms with Crippen LogP contribution in [0.4, 0.5) is 0 Å². The Labute approximate surface area is 124 Å². The summed E-state index contributed by atoms with van der Waals surface area (Å²) in [5.41, 5.74) is 5.89. The van der Waals surface area contributed by atoms with E-state index in [9.17, 15) is 0 Å². The highest BCUT2D eigenvalue weighted by atomic mass is 16.3. The predicted molar refractivity (Wildman–Crippen MR) is 83.8 cm³/mol. The molecule has 3 fully saturated rings. The van der Waals surface area contributed by atoms with Crippen LogP contribution in [0.1, 0.15) is 57.8 Å². The van der Waals surface area contributed by atoms with Crippen LogP contribution in [-0.2, 0) is 0 Å². The number of nitrogens with one attached hydrogen (secondary N) is 1. The fourth-order valence-electron chi connectivity index (χ4n) is 3.54. The molecule has 0 atom stereocenters. The lowest BCUT2D eigenvalue weighted by Gasteiger charge is -2.38. The van der Waals surface area contributed by atoms with Gasteiger partial charge in [-0.3, -0.25) is 0 Å². The second-order valence-electron chi connectivity index (χ2n) is 6.65. The minimum Gasteiger partial charge on any atom is -0.393 e. The Hall–Kier alpha value is -0.160. The summed E-state index contributed by atoms with van der Waals surface area (Å²) in [4.78, 5) is 2.64. The van der Waals surface area contributed by atoms with Crippen LogP contribution in [-0.4, -0.2) is 54.4 Å². The predicted octanol–water partition coefficient (Wildman–Crippen LogP) is 1.47. The Bertz CT molecular complexity index is 242. The van der Waals surface area contributed by atoms with Crippen LogP contribution >= 0.6 is 0 Å². The zero-order chi connectivity index (χ0) is 14.2. The lowest BCUT2D eigenvalue weighted by atomic mass is 9.98. The molecule has 3 rings (SSSR count). The molecule has 0 amide bonds. The standard InChI is InChI=1S/C10H21N3.C6H12O/c11-9-3-7-13(8-4-9)10-1-5-12-6-2-10;7-6-4-2-1-3-5-6/h9-10,12H,1-8,11H2;6-7H,1-5H2. The van der Waals surface area contributed by atoms with Crippen LogP contribution < -0.4 is 11.1 Å². The number of nitrogens with zero attached hydrogens (tertiary/aromatic N) is 1. The monoisotopic (exact) mass is 283 g/mol. The van der Waals surface area contributed by atoms with Crippen molar-refractivity contribution in [3.05, 3.63) is 0 Å². The number of piperidine rings is 2. The van der Waals surface area contributed by atoms with Crippen molar-refractivity contribution in [1.82, 2.24) is 10.2 Å². The van der Waals surface area contributed by atoms with E-state index in [-0.39, 0.29) is 6.10 Å². The van der Waals surface area contributed by atoms with Gasteiger partial charge in [-0.25, -0.2) is 0 Å². The summed E-state index contributed by atoms with van der Waals surface area (Å²) in [5, 5.41) is 12.3. The van der Waals surface area contributed by atoms with Crippen LogP contribution in [0, 0.1) is 0 Å². The maximum atomic E-state index is 8.91. The smallest absolute Gasteiger partial charge is 0.0540 e. The van der Waals surface area contributed by atoms with Gasteiger partial charge in [-0.1, -0.05) is 19.3 Å². The highest BCUT2D eigenvalue weighted by Crippen LogP contribution is 2.17. The second kappa shape index (κ2) is 8.98. The largest absolute Gasteiger partial charge is 0.393 e. The van der Waals surface area contributed by atoms with E-state index in [0.717, 1.165) is 18.9 Å². The van der Waals surface area contributed by atoms with Gasteiger partial charge in [0, 0.05) is 12.1 Å². The average Bonchev–Trinajstić information content (AvgIpc) is 2.50. The van der Waals surface area contributed by atoms with Crippen molar-refractivity contribution in [1.29, 1.82) is 0 Å². The molecule has 1 aliphatic carbocycles. The summed E-state index contributed by atoms with van der Waals surface area (Å²) in [6.45, 7) is 4.86. The molecule has 1 saturated carbocycles. The fraction of sp³-hybridized carbons (Fsp3) is 1.00. The molecule has 20 heavy (non-hydrogen) atoms. The van der Waals surface area contributed by atoms with Crippen molar-refractivity contribution in [2.45, 2.75) is 76.0 Å². The molecule has 0 aromatic carbocycles. The molecule has 2 heterocycles. The van der Waals surface area contributed by atoms with Gasteiger partial charge in [0.25, 0.3) is 0 Å². The molecular formula is C16H33N3O. The summed E-state index contributed by atoms with van der Waals surface area (Å²) in [6.07, 6.45) is 11.0. The zero-order valence-electron chi connectivity index (χ0n) is 12.9. The number of hydrogen-bond donors (Lipinski definition) is 3. The van der Waals surface area contributed by atoms with Gasteiger partial charge in [0.1, 0.15) is 0 Å². The lowest BCUT2D eigenvalue weighted by molar-refractivity contribution is 0.128. The van der Waals surface area contributed by atoms with Crippen LogP contribution in [0.15, 0.2) is 0 Å². The van der Waals surface area contributed by atoms with Crippen molar-refractivity contribution in [3.8, 4) is 0 Å². The van der Waals surface area contributed by atoms with Crippen molar-refractivity contribution >= 4 is 0 Å². The molecule has 0 radical (unpaired) electrons. The van der Waals surface area contributed by atoms with E-state index in [1.807, 2.05) is 0 Å². The van der Waals surface area contributed by atoms with E-state index < -0.39 is 0 Å². The number of nitrogens with two attached hydrogens (primary N) is 1. The minimum atomic E-state index is 0.0359. The Kier molecular flexibility index (Phi) is 7.28. The van der Waals surface area contributed by atoms with Crippen molar-refractivity contribution in [2.75, 3.05) is 26.2 Å². The molecule has 2 aliphatic heterocycles. The molecule has 118 valence electrons. The maximum Gasteiger partial charge on any atom is 0.0540 e. The van der Waals surface area contributed by atoms with Gasteiger partial charge in [-0.15, -0.1) is 0 Å². The fourth-order valence-corrected chi connectivity index (χ4v) is 3.54. The summed E-state index contributed by atoms with van der Waals surface area (Å²) in [5.74, 6) is 0. The summed E-state index contributed by atoms with van der Waals surface area (Å²) in [7, 11) is 0. The van der Waals surface area contributed by atoms with Crippen molar-refractivity contribution in [2.24, 2.45) is 5.73 Å². The first-order chi connectivity index (χ1) is 9.75. The maximum absolute atomic E-state index is 8.91. The minimum absolute atomic E-state index is 0.0359. The second-order valence-corrected chi connectivity index (χ2v) is 6.65. The Morgan fingerprint density at radius 2 is 1.45 bits per heavy atom. The first kappa shape index (κ1) is 16.2. The molecule has 0 aromatic heterocycles. The first-order valence-electron chi connectivity index (χ1n) is 8.64. The van der Waals surface area contributed by atoms with Crippen LogP contribution in [0.25, 0.3) is 0 Å². The third kappa shape index (κ3) is 5.68. The van der Waals surface area contributed by atoms with E-state index in [0.29, 0.717) is 6.04 Å². The van der Waals surface area contributed by atoms with Crippen molar-refractivity contribution < 1.29 is 5.11 Å². The molecule has 4 N–H and O–H groups in total. The number of rotatable bonds is 1. The van der Waals surface area contributed by atoms with Crippen LogP contribution in [0.5, 0.6) is 0 Å². The highest BCUT2D eigenvalue weighted by molar-refractivity contribution is 4.82. The number of hydrogen-bond acceptors (Lipinski definition) is 4. The molecular weight excluding hydrogens is 250 g/mol. The molecule has 2 saturated heterocycles. The van der Waals surface area contributed by atoms with Gasteiger partial charge in [0.15, 0.2) is 0 Å².